The van der Waals surface area contributed by atoms with Crippen LogP contribution in [0.15, 0.2) is 54.6 Å². The van der Waals surface area contributed by atoms with Gasteiger partial charge in [0.1, 0.15) is 0 Å². The molecule has 2 aromatic rings. The van der Waals surface area contributed by atoms with Crippen LogP contribution in [0.5, 0.6) is 0 Å². The standard InChI is InChI=1S/C17H17F3N4O/c18-17(19,20)12-8-4-5-9-13(12)21-16(25)22-15-10-14(23-24-15)11-6-2-1-3-7-11/h1-9,14-15,23-24H,10H2,(H2,21,22,25). The van der Waals surface area contributed by atoms with Gasteiger partial charge >= 0.3 is 12.2 Å². The van der Waals surface area contributed by atoms with E-state index in [0.29, 0.717) is 6.42 Å². The average Bonchev–Trinajstić information content (AvgIpc) is 3.03. The highest BCUT2D eigenvalue weighted by Crippen LogP contribution is 2.34. The number of hydrogen-bond donors (Lipinski definition) is 4. The van der Waals surface area contributed by atoms with Crippen molar-refractivity contribution in [1.82, 2.24) is 16.2 Å². The molecular formula is C17H17F3N4O. The van der Waals surface area contributed by atoms with Gasteiger partial charge in [-0.05, 0) is 17.7 Å². The summed E-state index contributed by atoms with van der Waals surface area (Å²) >= 11 is 0. The third-order valence-corrected chi connectivity index (χ3v) is 3.89. The molecule has 25 heavy (non-hydrogen) atoms. The van der Waals surface area contributed by atoms with Crippen LogP contribution in [0.2, 0.25) is 0 Å². The van der Waals surface area contributed by atoms with Crippen LogP contribution in [0.3, 0.4) is 0 Å². The predicted octanol–water partition coefficient (Wildman–Crippen LogP) is 3.39. The first-order chi connectivity index (χ1) is 11.9. The molecule has 1 fully saturated rings. The molecule has 1 aliphatic heterocycles. The van der Waals surface area contributed by atoms with E-state index in [2.05, 4.69) is 21.5 Å². The molecule has 3 rings (SSSR count). The summed E-state index contributed by atoms with van der Waals surface area (Å²) in [7, 11) is 0. The quantitative estimate of drug-likeness (QED) is 0.686. The minimum atomic E-state index is -4.53. The fourth-order valence-corrected chi connectivity index (χ4v) is 2.71. The number of nitrogens with one attached hydrogen (secondary N) is 4. The molecule has 1 heterocycles. The molecule has 2 atom stereocenters. The third-order valence-electron chi connectivity index (χ3n) is 3.89. The number of para-hydroxylation sites is 1. The Balaban J connectivity index is 1.59. The van der Waals surface area contributed by atoms with Crippen molar-refractivity contribution in [2.45, 2.75) is 24.8 Å². The summed E-state index contributed by atoms with van der Waals surface area (Å²) in [5.74, 6) is 0. The van der Waals surface area contributed by atoms with Crippen molar-refractivity contribution in [3.05, 3.63) is 65.7 Å². The Hall–Kier alpha value is -2.58. The lowest BCUT2D eigenvalue weighted by molar-refractivity contribution is -0.136. The molecule has 1 saturated heterocycles. The molecule has 0 bridgehead atoms. The largest absolute Gasteiger partial charge is 0.418 e. The van der Waals surface area contributed by atoms with E-state index in [-0.39, 0.29) is 11.7 Å². The van der Waals surface area contributed by atoms with Gasteiger partial charge in [-0.25, -0.2) is 15.6 Å². The summed E-state index contributed by atoms with van der Waals surface area (Å²) in [4.78, 5) is 12.0. The Labute approximate surface area is 142 Å². The topological polar surface area (TPSA) is 65.2 Å². The maximum atomic E-state index is 12.9. The summed E-state index contributed by atoms with van der Waals surface area (Å²) in [5.41, 5.74) is 5.87. The van der Waals surface area contributed by atoms with Gasteiger partial charge in [0, 0.05) is 12.5 Å². The van der Waals surface area contributed by atoms with Crippen LogP contribution >= 0.6 is 0 Å². The molecule has 132 valence electrons. The number of amides is 2. The fraction of sp³-hybridized carbons (Fsp3) is 0.235. The molecule has 0 aromatic heterocycles. The third kappa shape index (κ3) is 4.28. The Morgan fingerprint density at radius 2 is 1.68 bits per heavy atom. The zero-order chi connectivity index (χ0) is 17.9. The molecule has 2 amide bonds. The molecule has 1 aliphatic rings. The molecule has 0 aliphatic carbocycles. The van der Waals surface area contributed by atoms with Gasteiger partial charge in [0.2, 0.25) is 0 Å². The van der Waals surface area contributed by atoms with Crippen LogP contribution in [-0.4, -0.2) is 12.2 Å². The van der Waals surface area contributed by atoms with E-state index in [1.807, 2.05) is 30.3 Å². The van der Waals surface area contributed by atoms with E-state index in [0.717, 1.165) is 11.6 Å². The lowest BCUT2D eigenvalue weighted by Gasteiger charge is -2.16. The van der Waals surface area contributed by atoms with Crippen LogP contribution in [0.25, 0.3) is 0 Å². The molecule has 2 unspecified atom stereocenters. The number of benzene rings is 2. The summed E-state index contributed by atoms with van der Waals surface area (Å²) < 4.78 is 38.8. The lowest BCUT2D eigenvalue weighted by Crippen LogP contribution is -2.46. The number of carbonyl (C=O) groups excluding carboxylic acids is 1. The van der Waals surface area contributed by atoms with Crippen molar-refractivity contribution in [3.63, 3.8) is 0 Å². The van der Waals surface area contributed by atoms with Gasteiger partial charge in [0.05, 0.1) is 17.4 Å². The van der Waals surface area contributed by atoms with Gasteiger partial charge in [0.15, 0.2) is 0 Å². The second-order valence-corrected chi connectivity index (χ2v) is 5.68. The van der Waals surface area contributed by atoms with E-state index < -0.39 is 23.9 Å². The van der Waals surface area contributed by atoms with Crippen LogP contribution in [0.4, 0.5) is 23.7 Å². The van der Waals surface area contributed by atoms with Gasteiger partial charge in [-0.3, -0.25) is 0 Å². The molecule has 0 saturated carbocycles. The predicted molar refractivity (Wildman–Crippen MR) is 87.5 cm³/mol. The minimum Gasteiger partial charge on any atom is -0.321 e. The van der Waals surface area contributed by atoms with E-state index in [4.69, 9.17) is 0 Å². The number of halogens is 3. The fourth-order valence-electron chi connectivity index (χ4n) is 2.71. The van der Waals surface area contributed by atoms with Crippen LogP contribution in [0.1, 0.15) is 23.6 Å². The molecule has 8 heteroatoms. The molecule has 0 radical (unpaired) electrons. The molecule has 5 nitrogen and oxygen atoms in total. The first kappa shape index (κ1) is 17.2. The highest BCUT2D eigenvalue weighted by atomic mass is 19.4. The van der Waals surface area contributed by atoms with Gasteiger partial charge in [0.25, 0.3) is 0 Å². The zero-order valence-corrected chi connectivity index (χ0v) is 13.1. The Kier molecular flexibility index (Phi) is 4.91. The first-order valence-electron chi connectivity index (χ1n) is 7.73. The molecule has 2 aromatic carbocycles. The maximum absolute atomic E-state index is 12.9. The van der Waals surface area contributed by atoms with Gasteiger partial charge < -0.3 is 10.6 Å². The van der Waals surface area contributed by atoms with Gasteiger partial charge in [-0.1, -0.05) is 42.5 Å². The summed E-state index contributed by atoms with van der Waals surface area (Å²) in [6.45, 7) is 0. The highest BCUT2D eigenvalue weighted by Gasteiger charge is 2.34. The Morgan fingerprint density at radius 3 is 2.40 bits per heavy atom. The van der Waals surface area contributed by atoms with Crippen molar-refractivity contribution < 1.29 is 18.0 Å². The van der Waals surface area contributed by atoms with Gasteiger partial charge in [-0.2, -0.15) is 13.2 Å². The Morgan fingerprint density at radius 1 is 1.00 bits per heavy atom. The van der Waals surface area contributed by atoms with Crippen LogP contribution in [0, 0.1) is 0 Å². The SMILES string of the molecule is O=C(Nc1ccccc1C(F)(F)F)NC1CC(c2ccccc2)NN1. The summed E-state index contributed by atoms with van der Waals surface area (Å²) in [6.07, 6.45) is -4.36. The zero-order valence-electron chi connectivity index (χ0n) is 13.1. The number of carbonyl (C=O) groups is 1. The van der Waals surface area contributed by atoms with Crippen molar-refractivity contribution in [3.8, 4) is 0 Å². The summed E-state index contributed by atoms with van der Waals surface area (Å²) in [6, 6.07) is 13.8. The molecule has 4 N–H and O–H groups in total. The number of hydrazine groups is 1. The normalized spacial score (nSPS) is 20.3. The van der Waals surface area contributed by atoms with E-state index in [9.17, 15) is 18.0 Å². The summed E-state index contributed by atoms with van der Waals surface area (Å²) in [5, 5.41) is 4.88. The first-order valence-corrected chi connectivity index (χ1v) is 7.73. The van der Waals surface area contributed by atoms with Crippen LogP contribution < -0.4 is 21.5 Å². The van der Waals surface area contributed by atoms with Crippen molar-refractivity contribution in [2.24, 2.45) is 0 Å². The van der Waals surface area contributed by atoms with Crippen LogP contribution in [-0.2, 0) is 6.18 Å². The molecular weight excluding hydrogens is 333 g/mol. The van der Waals surface area contributed by atoms with Crippen molar-refractivity contribution >= 4 is 11.7 Å². The number of rotatable bonds is 3. The smallest absolute Gasteiger partial charge is 0.321 e. The maximum Gasteiger partial charge on any atom is 0.418 e. The van der Waals surface area contributed by atoms with Crippen molar-refractivity contribution in [2.75, 3.05) is 5.32 Å². The number of anilines is 1. The highest BCUT2D eigenvalue weighted by molar-refractivity contribution is 5.90. The number of alkyl halides is 3. The van der Waals surface area contributed by atoms with E-state index in [1.165, 1.54) is 18.2 Å². The number of urea groups is 1. The number of hydrogen-bond acceptors (Lipinski definition) is 3. The average molecular weight is 350 g/mol. The second-order valence-electron chi connectivity index (χ2n) is 5.68. The Bertz CT molecular complexity index is 736. The van der Waals surface area contributed by atoms with E-state index >= 15 is 0 Å². The monoisotopic (exact) mass is 350 g/mol. The van der Waals surface area contributed by atoms with Gasteiger partial charge in [-0.15, -0.1) is 0 Å². The van der Waals surface area contributed by atoms with E-state index in [1.54, 1.807) is 0 Å². The minimum absolute atomic E-state index is 0.00830. The molecule has 0 spiro atoms. The van der Waals surface area contributed by atoms with Crippen molar-refractivity contribution in [1.29, 1.82) is 0 Å². The second kappa shape index (κ2) is 7.12. The lowest BCUT2D eigenvalue weighted by atomic mass is 10.0.